The Balaban J connectivity index is 1.35. The smallest absolute Gasteiger partial charge is 0.326 e. The summed E-state index contributed by atoms with van der Waals surface area (Å²) in [6, 6.07) is 18.2. The van der Waals surface area contributed by atoms with Gasteiger partial charge in [-0.05, 0) is 53.9 Å². The van der Waals surface area contributed by atoms with Gasteiger partial charge in [0.2, 0.25) is 11.8 Å². The summed E-state index contributed by atoms with van der Waals surface area (Å²) in [4.78, 5) is 57.6. The van der Waals surface area contributed by atoms with Gasteiger partial charge in [0.15, 0.2) is 0 Å². The molecule has 6 N–H and O–H groups in total. The number of para-hydroxylation sites is 1. The minimum atomic E-state index is -1.13. The van der Waals surface area contributed by atoms with Crippen LogP contribution in [0.5, 0.6) is 0 Å². The maximum Gasteiger partial charge on any atom is 0.326 e. The van der Waals surface area contributed by atoms with Crippen LogP contribution in [0.3, 0.4) is 0 Å². The number of benzene rings is 3. The normalized spacial score (nSPS) is 18.6. The Morgan fingerprint density at radius 3 is 2.61 bits per heavy atom. The summed E-state index contributed by atoms with van der Waals surface area (Å²) in [6.45, 7) is 0.503. The van der Waals surface area contributed by atoms with Gasteiger partial charge in [-0.15, -0.1) is 11.8 Å². The number of carbonyl (C=O) groups is 4. The van der Waals surface area contributed by atoms with Crippen molar-refractivity contribution in [1.29, 1.82) is 0 Å². The van der Waals surface area contributed by atoms with Crippen LogP contribution >= 0.6 is 11.8 Å². The summed E-state index contributed by atoms with van der Waals surface area (Å²) in [6.07, 6.45) is 3.81. The van der Waals surface area contributed by atoms with E-state index in [1.807, 2.05) is 54.6 Å². The number of nitrogens with one attached hydrogen (secondary N) is 3. The number of hydrogen-bond acceptors (Lipinski definition) is 6. The first-order valence-corrected chi connectivity index (χ1v) is 15.9. The molecule has 3 aromatic carbocycles. The second-order valence-corrected chi connectivity index (χ2v) is 12.1. The molecule has 1 aliphatic heterocycles. The van der Waals surface area contributed by atoms with Crippen LogP contribution < -0.4 is 16.4 Å². The van der Waals surface area contributed by atoms with Gasteiger partial charge in [0.1, 0.15) is 12.1 Å². The zero-order valence-corrected chi connectivity index (χ0v) is 25.1. The fourth-order valence-corrected chi connectivity index (χ4v) is 6.56. The van der Waals surface area contributed by atoms with Gasteiger partial charge in [-0.1, -0.05) is 55.0 Å². The van der Waals surface area contributed by atoms with Gasteiger partial charge < -0.3 is 31.4 Å². The van der Waals surface area contributed by atoms with E-state index in [4.69, 9.17) is 5.73 Å². The van der Waals surface area contributed by atoms with E-state index in [9.17, 15) is 24.3 Å². The molecular formula is C33H37N5O5S. The minimum absolute atomic E-state index is 0.0250. The fourth-order valence-electron chi connectivity index (χ4n) is 5.63. The first kappa shape index (κ1) is 31.1. The predicted molar refractivity (Wildman–Crippen MR) is 173 cm³/mol. The van der Waals surface area contributed by atoms with Gasteiger partial charge in [-0.2, -0.15) is 0 Å². The number of H-pyrrole nitrogens is 1. The number of nitrogens with zero attached hydrogens (tertiary/aromatic N) is 1. The lowest BCUT2D eigenvalue weighted by molar-refractivity contribution is -0.149. The fraction of sp³-hybridized carbons (Fsp3) is 0.333. The third-order valence-corrected chi connectivity index (χ3v) is 9.00. The van der Waals surface area contributed by atoms with Crippen molar-refractivity contribution in [3.8, 4) is 0 Å². The van der Waals surface area contributed by atoms with Gasteiger partial charge in [0, 0.05) is 47.4 Å². The quantitative estimate of drug-likeness (QED) is 0.171. The Morgan fingerprint density at radius 1 is 1.05 bits per heavy atom. The molecule has 0 bridgehead atoms. The molecule has 2 heterocycles. The van der Waals surface area contributed by atoms with Gasteiger partial charge >= 0.3 is 5.97 Å². The molecular weight excluding hydrogens is 578 g/mol. The molecule has 1 fully saturated rings. The van der Waals surface area contributed by atoms with E-state index < -0.39 is 24.1 Å². The largest absolute Gasteiger partial charge is 0.480 e. The van der Waals surface area contributed by atoms with E-state index in [1.54, 1.807) is 18.3 Å². The minimum Gasteiger partial charge on any atom is -0.480 e. The van der Waals surface area contributed by atoms with Crippen LogP contribution in [0.2, 0.25) is 0 Å². The number of carboxylic acids is 1. The number of nitrogens with two attached hydrogens (primary N) is 1. The Kier molecular flexibility index (Phi) is 10.2. The lowest BCUT2D eigenvalue weighted by Crippen LogP contribution is -2.57. The molecule has 11 heteroatoms. The summed E-state index contributed by atoms with van der Waals surface area (Å²) < 4.78 is 0. The highest BCUT2D eigenvalue weighted by Crippen LogP contribution is 2.23. The summed E-state index contributed by atoms with van der Waals surface area (Å²) in [5, 5.41) is 19.0. The third kappa shape index (κ3) is 7.40. The second-order valence-electron chi connectivity index (χ2n) is 11.1. The monoisotopic (exact) mass is 615 g/mol. The van der Waals surface area contributed by atoms with Gasteiger partial charge in [0.25, 0.3) is 5.91 Å². The molecule has 1 aromatic heterocycles. The van der Waals surface area contributed by atoms with Crippen LogP contribution in [-0.4, -0.2) is 81.4 Å². The Morgan fingerprint density at radius 2 is 1.82 bits per heavy atom. The molecule has 3 atom stereocenters. The van der Waals surface area contributed by atoms with E-state index >= 15 is 0 Å². The Labute approximate surface area is 259 Å². The maximum atomic E-state index is 13.6. The molecule has 44 heavy (non-hydrogen) atoms. The van der Waals surface area contributed by atoms with Gasteiger partial charge in [-0.3, -0.25) is 14.4 Å². The number of carboxylic acid groups (broad SMARTS) is 1. The topological polar surface area (TPSA) is 158 Å². The van der Waals surface area contributed by atoms with Crippen molar-refractivity contribution < 1.29 is 24.3 Å². The lowest BCUT2D eigenvalue weighted by Gasteiger charge is -2.34. The maximum absolute atomic E-state index is 13.6. The number of unbranched alkanes of at least 4 members (excludes halogenated alkanes) is 1. The third-order valence-electron chi connectivity index (χ3n) is 7.98. The van der Waals surface area contributed by atoms with E-state index in [1.165, 1.54) is 16.7 Å². The first-order chi connectivity index (χ1) is 21.3. The molecule has 0 radical (unpaired) electrons. The summed E-state index contributed by atoms with van der Waals surface area (Å²) in [5.41, 5.74) is 7.83. The number of thioether (sulfide) groups is 1. The van der Waals surface area contributed by atoms with E-state index in [0.717, 1.165) is 33.7 Å². The predicted octanol–water partition coefficient (Wildman–Crippen LogP) is 3.30. The molecule has 1 aliphatic rings. The van der Waals surface area contributed by atoms with Crippen molar-refractivity contribution in [2.45, 2.75) is 43.8 Å². The van der Waals surface area contributed by atoms with Gasteiger partial charge in [0.05, 0.1) is 5.75 Å². The van der Waals surface area contributed by atoms with Crippen molar-refractivity contribution >= 4 is 57.1 Å². The van der Waals surface area contributed by atoms with Crippen LogP contribution in [0.15, 0.2) is 72.9 Å². The van der Waals surface area contributed by atoms with Crippen molar-refractivity contribution in [3.05, 3.63) is 84.1 Å². The SMILES string of the molecule is NCCCC[C@@H]1CN([C@@H](Cc2c[nH]c3ccccc23)C(=O)O)C(=O)CSC[C@H](NC(=O)c2ccc3ccccc3c2)C(=O)N1. The van der Waals surface area contributed by atoms with Gasteiger partial charge in [-0.25, -0.2) is 4.79 Å². The average Bonchev–Trinajstić information content (AvgIpc) is 3.44. The van der Waals surface area contributed by atoms with E-state index in [2.05, 4.69) is 15.6 Å². The zero-order chi connectivity index (χ0) is 31.1. The molecule has 1 saturated heterocycles. The van der Waals surface area contributed by atoms with Crippen LogP contribution in [0.4, 0.5) is 0 Å². The van der Waals surface area contributed by atoms with Crippen molar-refractivity contribution in [1.82, 2.24) is 20.5 Å². The van der Waals surface area contributed by atoms with E-state index in [0.29, 0.717) is 24.9 Å². The average molecular weight is 616 g/mol. The first-order valence-electron chi connectivity index (χ1n) is 14.8. The molecule has 5 rings (SSSR count). The van der Waals surface area contributed by atoms with E-state index in [-0.39, 0.29) is 42.2 Å². The summed E-state index contributed by atoms with van der Waals surface area (Å²) in [7, 11) is 0. The number of aliphatic carboxylic acids is 1. The molecule has 3 amide bonds. The number of rotatable bonds is 10. The Bertz CT molecular complexity index is 1660. The molecule has 4 aromatic rings. The van der Waals surface area contributed by atoms with Crippen molar-refractivity contribution in [3.63, 3.8) is 0 Å². The summed E-state index contributed by atoms with van der Waals surface area (Å²) in [5.74, 6) is -2.07. The molecule has 0 aliphatic carbocycles. The lowest BCUT2D eigenvalue weighted by atomic mass is 10.0. The van der Waals surface area contributed by atoms with Crippen LogP contribution in [0.1, 0.15) is 35.2 Å². The highest BCUT2D eigenvalue weighted by atomic mass is 32.2. The number of carbonyl (C=O) groups excluding carboxylic acids is 3. The highest BCUT2D eigenvalue weighted by Gasteiger charge is 2.35. The van der Waals surface area contributed by atoms with Crippen LogP contribution in [-0.2, 0) is 20.8 Å². The number of fused-ring (bicyclic) bond motifs is 2. The molecule has 0 unspecified atom stereocenters. The molecule has 0 spiro atoms. The zero-order valence-electron chi connectivity index (χ0n) is 24.3. The Hall–Kier alpha value is -4.35. The number of aromatic amines is 1. The standard InChI is InChI=1S/C33H37N5O5S/c34-14-6-5-9-25-18-38(29(33(42)43)16-24-17-35-27-11-4-3-10-26(24)27)30(39)20-44-19-28(32(41)36-25)37-31(40)23-13-12-21-7-1-2-8-22(21)15-23/h1-4,7-8,10-13,15,17,25,28-29,35H,5-6,9,14,16,18-20,34H2,(H,36,41)(H,37,40)(H,42,43)/t25-,28+,29+/m1/s1. The molecule has 0 saturated carbocycles. The number of hydrogen-bond donors (Lipinski definition) is 5. The highest BCUT2D eigenvalue weighted by molar-refractivity contribution is 8.00. The second kappa shape index (κ2) is 14.4. The van der Waals surface area contributed by atoms with Crippen molar-refractivity contribution in [2.75, 3.05) is 24.6 Å². The van der Waals surface area contributed by atoms with Crippen molar-refractivity contribution in [2.24, 2.45) is 5.73 Å². The molecule has 10 nitrogen and oxygen atoms in total. The van der Waals surface area contributed by atoms with Crippen LogP contribution in [0.25, 0.3) is 21.7 Å². The van der Waals surface area contributed by atoms with Crippen LogP contribution in [0, 0.1) is 0 Å². The number of amides is 3. The number of aromatic nitrogens is 1. The summed E-state index contributed by atoms with van der Waals surface area (Å²) >= 11 is 1.20. The molecule has 230 valence electrons.